The van der Waals surface area contributed by atoms with Crippen molar-refractivity contribution in [1.82, 2.24) is 5.32 Å². The Labute approximate surface area is 137 Å². The Hall–Kier alpha value is -1.98. The quantitative estimate of drug-likeness (QED) is 0.851. The lowest BCUT2D eigenvalue weighted by atomic mass is 10.2. The highest BCUT2D eigenvalue weighted by atomic mass is 35.5. The van der Waals surface area contributed by atoms with Crippen LogP contribution in [0, 0.1) is 0 Å². The molecule has 0 saturated heterocycles. The molecule has 0 heterocycles. The van der Waals surface area contributed by atoms with Gasteiger partial charge in [0.1, 0.15) is 5.75 Å². The lowest BCUT2D eigenvalue weighted by Crippen LogP contribution is -2.31. The van der Waals surface area contributed by atoms with E-state index in [1.54, 1.807) is 37.4 Å². The Kier molecular flexibility index (Phi) is 5.86. The molecule has 4 nitrogen and oxygen atoms in total. The average molecular weight is 336 g/mol. The van der Waals surface area contributed by atoms with E-state index in [1.807, 2.05) is 18.2 Å². The van der Waals surface area contributed by atoms with Crippen molar-refractivity contribution >= 4 is 35.2 Å². The number of methoxy groups -OCH3 is 1. The van der Waals surface area contributed by atoms with Crippen molar-refractivity contribution in [2.24, 2.45) is 0 Å². The zero-order valence-corrected chi connectivity index (χ0v) is 13.4. The van der Waals surface area contributed by atoms with Crippen molar-refractivity contribution in [2.75, 3.05) is 12.9 Å². The van der Waals surface area contributed by atoms with Gasteiger partial charge in [0.15, 0.2) is 0 Å². The summed E-state index contributed by atoms with van der Waals surface area (Å²) in [7, 11) is 1.55. The summed E-state index contributed by atoms with van der Waals surface area (Å²) in [4.78, 5) is 24.5. The Morgan fingerprint density at radius 2 is 1.82 bits per heavy atom. The number of imide groups is 1. The average Bonchev–Trinajstić information content (AvgIpc) is 2.54. The van der Waals surface area contributed by atoms with Crippen LogP contribution in [-0.4, -0.2) is 24.7 Å². The molecule has 0 radical (unpaired) electrons. The molecule has 22 heavy (non-hydrogen) atoms. The van der Waals surface area contributed by atoms with Crippen LogP contribution < -0.4 is 10.1 Å². The van der Waals surface area contributed by atoms with Crippen molar-refractivity contribution < 1.29 is 14.3 Å². The summed E-state index contributed by atoms with van der Waals surface area (Å²) >= 11 is 7.29. The zero-order valence-electron chi connectivity index (χ0n) is 11.8. The summed E-state index contributed by atoms with van der Waals surface area (Å²) in [5.74, 6) is -0.0404. The normalized spacial score (nSPS) is 10.1. The molecule has 6 heteroatoms. The third-order valence-corrected chi connectivity index (χ3v) is 4.32. The number of carbonyl (C=O) groups is 2. The first kappa shape index (κ1) is 16.4. The molecule has 2 aromatic rings. The molecular formula is C16H14ClNO3S. The van der Waals surface area contributed by atoms with Crippen molar-refractivity contribution in [2.45, 2.75) is 4.90 Å². The fourth-order valence-electron chi connectivity index (χ4n) is 1.68. The number of amides is 2. The molecule has 114 valence electrons. The first-order valence-electron chi connectivity index (χ1n) is 6.45. The smallest absolute Gasteiger partial charge is 0.257 e. The highest BCUT2D eigenvalue weighted by molar-refractivity contribution is 8.00. The number of thioether (sulfide) groups is 1. The fraction of sp³-hybridized carbons (Fsp3) is 0.125. The summed E-state index contributed by atoms with van der Waals surface area (Å²) in [5, 5.41) is 2.93. The molecule has 0 bridgehead atoms. The molecule has 2 aromatic carbocycles. The number of rotatable bonds is 5. The molecule has 0 aliphatic rings. The van der Waals surface area contributed by atoms with Crippen molar-refractivity contribution in [3.8, 4) is 5.75 Å². The van der Waals surface area contributed by atoms with E-state index >= 15 is 0 Å². The van der Waals surface area contributed by atoms with Gasteiger partial charge in [-0.1, -0.05) is 23.7 Å². The lowest BCUT2D eigenvalue weighted by molar-refractivity contribution is -0.117. The van der Waals surface area contributed by atoms with E-state index in [-0.39, 0.29) is 11.7 Å². The molecule has 0 aliphatic carbocycles. The Bertz CT molecular complexity index is 673. The van der Waals surface area contributed by atoms with Gasteiger partial charge in [0.25, 0.3) is 5.91 Å². The largest absolute Gasteiger partial charge is 0.497 e. The summed E-state index contributed by atoms with van der Waals surface area (Å²) in [6, 6.07) is 13.8. The molecule has 2 rings (SSSR count). The Morgan fingerprint density at radius 3 is 2.45 bits per heavy atom. The minimum atomic E-state index is -0.438. The predicted octanol–water partition coefficient (Wildman–Crippen LogP) is 3.40. The van der Waals surface area contributed by atoms with Gasteiger partial charge >= 0.3 is 0 Å². The van der Waals surface area contributed by atoms with Gasteiger partial charge in [-0.2, -0.15) is 0 Å². The molecule has 0 fully saturated rings. The number of hydrogen-bond donors (Lipinski definition) is 1. The second-order valence-electron chi connectivity index (χ2n) is 4.32. The molecule has 0 aliphatic heterocycles. The second kappa shape index (κ2) is 7.87. The maximum atomic E-state index is 11.9. The first-order valence-corrected chi connectivity index (χ1v) is 7.82. The first-order chi connectivity index (χ1) is 10.6. The molecule has 0 aromatic heterocycles. The highest BCUT2D eigenvalue weighted by Gasteiger charge is 2.11. The second-order valence-corrected chi connectivity index (χ2v) is 5.75. The number of hydrogen-bond acceptors (Lipinski definition) is 4. The SMILES string of the molecule is COc1ccc(C(=O)NC(=O)CSc2ccccc2Cl)cc1. The molecule has 0 atom stereocenters. The van der Waals surface area contributed by atoms with Crippen LogP contribution in [0.3, 0.4) is 0 Å². The van der Waals surface area contributed by atoms with Gasteiger partial charge in [0.2, 0.25) is 5.91 Å². The molecule has 2 amide bonds. The maximum Gasteiger partial charge on any atom is 0.257 e. The van der Waals surface area contributed by atoms with E-state index in [0.29, 0.717) is 16.3 Å². The number of carbonyl (C=O) groups excluding carboxylic acids is 2. The van der Waals surface area contributed by atoms with Crippen molar-refractivity contribution in [3.05, 3.63) is 59.1 Å². The van der Waals surface area contributed by atoms with Crippen LogP contribution in [0.25, 0.3) is 0 Å². The third-order valence-electron chi connectivity index (χ3n) is 2.80. The van der Waals surface area contributed by atoms with E-state index in [2.05, 4.69) is 5.32 Å². The maximum absolute atomic E-state index is 11.9. The van der Waals surface area contributed by atoms with Gasteiger partial charge in [0, 0.05) is 10.5 Å². The van der Waals surface area contributed by atoms with E-state index in [0.717, 1.165) is 4.90 Å². The van der Waals surface area contributed by atoms with Gasteiger partial charge < -0.3 is 4.74 Å². The third kappa shape index (κ3) is 4.51. The van der Waals surface area contributed by atoms with Crippen LogP contribution in [0.1, 0.15) is 10.4 Å². The summed E-state index contributed by atoms with van der Waals surface area (Å²) in [6.45, 7) is 0. The minimum absolute atomic E-state index is 0.117. The molecule has 0 saturated carbocycles. The van der Waals surface area contributed by atoms with Crippen LogP contribution in [0.15, 0.2) is 53.4 Å². The van der Waals surface area contributed by atoms with Crippen LogP contribution in [0.5, 0.6) is 5.75 Å². The van der Waals surface area contributed by atoms with E-state index in [4.69, 9.17) is 16.3 Å². The van der Waals surface area contributed by atoms with Gasteiger partial charge in [-0.25, -0.2) is 0 Å². The van der Waals surface area contributed by atoms with Crippen LogP contribution in [0.2, 0.25) is 5.02 Å². The van der Waals surface area contributed by atoms with Gasteiger partial charge in [0.05, 0.1) is 17.9 Å². The van der Waals surface area contributed by atoms with E-state index in [9.17, 15) is 9.59 Å². The van der Waals surface area contributed by atoms with E-state index in [1.165, 1.54) is 11.8 Å². The van der Waals surface area contributed by atoms with Crippen molar-refractivity contribution in [3.63, 3.8) is 0 Å². The summed E-state index contributed by atoms with van der Waals surface area (Å²) in [6.07, 6.45) is 0. The number of benzene rings is 2. The number of ether oxygens (including phenoxy) is 1. The van der Waals surface area contributed by atoms with Gasteiger partial charge in [-0.15, -0.1) is 11.8 Å². The number of nitrogens with one attached hydrogen (secondary N) is 1. The van der Waals surface area contributed by atoms with Crippen LogP contribution in [0.4, 0.5) is 0 Å². The monoisotopic (exact) mass is 335 g/mol. The summed E-state index contributed by atoms with van der Waals surface area (Å²) < 4.78 is 5.01. The Morgan fingerprint density at radius 1 is 1.14 bits per heavy atom. The van der Waals surface area contributed by atoms with Crippen molar-refractivity contribution in [1.29, 1.82) is 0 Å². The molecular weight excluding hydrogens is 322 g/mol. The Balaban J connectivity index is 1.88. The van der Waals surface area contributed by atoms with Crippen LogP contribution in [-0.2, 0) is 4.79 Å². The topological polar surface area (TPSA) is 55.4 Å². The minimum Gasteiger partial charge on any atom is -0.497 e. The standard InChI is InChI=1S/C16H14ClNO3S/c1-21-12-8-6-11(7-9-12)16(20)18-15(19)10-22-14-5-3-2-4-13(14)17/h2-9H,10H2,1H3,(H,18,19,20). The molecule has 0 unspecified atom stereocenters. The summed E-state index contributed by atoms with van der Waals surface area (Å²) in [5.41, 5.74) is 0.400. The zero-order chi connectivity index (χ0) is 15.9. The lowest BCUT2D eigenvalue weighted by Gasteiger charge is -2.06. The fourth-order valence-corrected chi connectivity index (χ4v) is 2.72. The molecule has 1 N–H and O–H groups in total. The highest BCUT2D eigenvalue weighted by Crippen LogP contribution is 2.26. The molecule has 0 spiro atoms. The van der Waals surface area contributed by atoms with Gasteiger partial charge in [-0.3, -0.25) is 14.9 Å². The van der Waals surface area contributed by atoms with E-state index < -0.39 is 5.91 Å². The number of halogens is 1. The predicted molar refractivity (Wildman–Crippen MR) is 87.6 cm³/mol. The van der Waals surface area contributed by atoms with Gasteiger partial charge in [-0.05, 0) is 36.4 Å². The van der Waals surface area contributed by atoms with Crippen LogP contribution >= 0.6 is 23.4 Å².